The Morgan fingerprint density at radius 3 is 1.57 bits per heavy atom. The fourth-order valence-corrected chi connectivity index (χ4v) is 5.45. The molecule has 2 aromatic rings. The number of aryl methyl sites for hydroxylation is 1. The summed E-state index contributed by atoms with van der Waals surface area (Å²) in [5.41, 5.74) is 2.06. The van der Waals surface area contributed by atoms with Crippen LogP contribution < -0.4 is 4.74 Å². The lowest BCUT2D eigenvalue weighted by atomic mass is 10.0. The van der Waals surface area contributed by atoms with Crippen molar-refractivity contribution < 1.29 is 13.5 Å². The number of alkyl halides is 2. The van der Waals surface area contributed by atoms with Crippen LogP contribution in [-0.2, 0) is 6.42 Å². The highest BCUT2D eigenvalue weighted by Crippen LogP contribution is 2.21. The highest BCUT2D eigenvalue weighted by atomic mass is 19.1. The van der Waals surface area contributed by atoms with Gasteiger partial charge in [0.05, 0.1) is 19.0 Å². The van der Waals surface area contributed by atoms with Crippen LogP contribution >= 0.6 is 0 Å². The van der Waals surface area contributed by atoms with E-state index in [9.17, 15) is 8.78 Å². The average Bonchev–Trinajstić information content (AvgIpc) is 3.01. The van der Waals surface area contributed by atoms with Crippen molar-refractivity contribution in [3.05, 3.63) is 42.2 Å². The zero-order valence-electron chi connectivity index (χ0n) is 26.9. The lowest BCUT2D eigenvalue weighted by molar-refractivity contribution is 0.222. The van der Waals surface area contributed by atoms with E-state index in [2.05, 4.69) is 23.8 Å². The van der Waals surface area contributed by atoms with Gasteiger partial charge < -0.3 is 4.74 Å². The van der Waals surface area contributed by atoms with E-state index in [1.165, 1.54) is 77.0 Å². The summed E-state index contributed by atoms with van der Waals surface area (Å²) < 4.78 is 34.0. The summed E-state index contributed by atoms with van der Waals surface area (Å²) in [5.74, 6) is 1.18. The first-order valence-electron chi connectivity index (χ1n) is 17.4. The maximum absolute atomic E-state index is 14.5. The van der Waals surface area contributed by atoms with Crippen molar-refractivity contribution >= 4 is 0 Å². The maximum Gasteiger partial charge on any atom is 0.159 e. The molecule has 0 saturated heterocycles. The summed E-state index contributed by atoms with van der Waals surface area (Å²) in [6.45, 7) is 4.73. The van der Waals surface area contributed by atoms with Gasteiger partial charge in [-0.15, -0.1) is 0 Å². The number of rotatable bonds is 27. The Balaban J connectivity index is 1.50. The average molecular weight is 587 g/mol. The summed E-state index contributed by atoms with van der Waals surface area (Å²) in [7, 11) is 0. The van der Waals surface area contributed by atoms with E-state index in [4.69, 9.17) is 4.74 Å². The van der Waals surface area contributed by atoms with Crippen molar-refractivity contribution in [2.24, 2.45) is 0 Å². The lowest BCUT2D eigenvalue weighted by Crippen LogP contribution is -2.08. The Kier molecular flexibility index (Phi) is 21.0. The van der Waals surface area contributed by atoms with Crippen molar-refractivity contribution in [2.75, 3.05) is 6.61 Å². The van der Waals surface area contributed by atoms with E-state index in [1.54, 1.807) is 12.4 Å². The van der Waals surface area contributed by atoms with Crippen LogP contribution in [-0.4, -0.2) is 28.9 Å². The predicted molar refractivity (Wildman–Crippen MR) is 175 cm³/mol. The minimum Gasteiger partial charge on any atom is -0.490 e. The molecule has 238 valence electrons. The van der Waals surface area contributed by atoms with Crippen LogP contribution in [0, 0.1) is 0 Å². The standard InChI is InChI=1S/C37H60F2N2O/c1-3-5-7-8-9-10-11-12-13-14-15-16-17-19-21-34(38)27-24-32-22-25-33(26-23-32)37-40-30-36(31-41-37)42-29-28-35(39)20-18-6-4-2/h22-23,25-26,30-31,34-35H,3-21,24,27-29H2,1-2H3/t34-,35+/m1/s1. The summed E-state index contributed by atoms with van der Waals surface area (Å²) in [6, 6.07) is 8.08. The van der Waals surface area contributed by atoms with Gasteiger partial charge in [-0.2, -0.15) is 0 Å². The molecule has 0 amide bonds. The fourth-order valence-electron chi connectivity index (χ4n) is 5.45. The van der Waals surface area contributed by atoms with Gasteiger partial charge in [0.15, 0.2) is 11.6 Å². The van der Waals surface area contributed by atoms with Crippen LogP contribution in [0.1, 0.15) is 154 Å². The van der Waals surface area contributed by atoms with Crippen LogP contribution in [0.15, 0.2) is 36.7 Å². The number of aromatic nitrogens is 2. The van der Waals surface area contributed by atoms with Crippen LogP contribution in [0.2, 0.25) is 0 Å². The molecule has 2 rings (SSSR count). The second-order valence-corrected chi connectivity index (χ2v) is 12.2. The molecule has 0 aliphatic carbocycles. The van der Waals surface area contributed by atoms with Gasteiger partial charge in [0, 0.05) is 12.0 Å². The molecule has 3 nitrogen and oxygen atoms in total. The molecule has 1 aromatic heterocycles. The molecule has 0 saturated carbocycles. The Bertz CT molecular complexity index is 874. The monoisotopic (exact) mass is 586 g/mol. The summed E-state index contributed by atoms with van der Waals surface area (Å²) in [6.07, 6.45) is 26.5. The van der Waals surface area contributed by atoms with Crippen molar-refractivity contribution in [3.63, 3.8) is 0 Å². The molecule has 0 N–H and O–H groups in total. The second kappa shape index (κ2) is 24.4. The van der Waals surface area contributed by atoms with E-state index in [1.807, 2.05) is 24.3 Å². The molecular weight excluding hydrogens is 526 g/mol. The van der Waals surface area contributed by atoms with Crippen LogP contribution in [0.4, 0.5) is 8.78 Å². The van der Waals surface area contributed by atoms with Crippen molar-refractivity contribution in [3.8, 4) is 17.1 Å². The molecule has 42 heavy (non-hydrogen) atoms. The molecule has 0 unspecified atom stereocenters. The summed E-state index contributed by atoms with van der Waals surface area (Å²) in [4.78, 5) is 8.82. The number of nitrogens with zero attached hydrogens (tertiary/aromatic N) is 2. The largest absolute Gasteiger partial charge is 0.490 e. The second-order valence-electron chi connectivity index (χ2n) is 12.2. The summed E-state index contributed by atoms with van der Waals surface area (Å²) in [5, 5.41) is 0. The van der Waals surface area contributed by atoms with E-state index in [0.717, 1.165) is 49.7 Å². The van der Waals surface area contributed by atoms with Gasteiger partial charge in [0.25, 0.3) is 0 Å². The van der Waals surface area contributed by atoms with Gasteiger partial charge >= 0.3 is 0 Å². The van der Waals surface area contributed by atoms with Crippen LogP contribution in [0.5, 0.6) is 5.75 Å². The van der Waals surface area contributed by atoms with Crippen LogP contribution in [0.25, 0.3) is 11.4 Å². The normalized spacial score (nSPS) is 12.9. The third-order valence-electron chi connectivity index (χ3n) is 8.28. The molecular formula is C37H60F2N2O. The topological polar surface area (TPSA) is 35.0 Å². The Morgan fingerprint density at radius 1 is 0.571 bits per heavy atom. The van der Waals surface area contributed by atoms with Gasteiger partial charge in [-0.3, -0.25) is 0 Å². The van der Waals surface area contributed by atoms with Crippen molar-refractivity contribution in [2.45, 2.75) is 167 Å². The van der Waals surface area contributed by atoms with E-state index in [0.29, 0.717) is 43.9 Å². The van der Waals surface area contributed by atoms with Gasteiger partial charge in [-0.25, -0.2) is 18.7 Å². The Hall–Kier alpha value is -2.04. The van der Waals surface area contributed by atoms with Gasteiger partial charge in [0.2, 0.25) is 0 Å². The Morgan fingerprint density at radius 2 is 1.02 bits per heavy atom. The molecule has 2 atom stereocenters. The molecule has 1 aromatic carbocycles. The maximum atomic E-state index is 14.5. The third kappa shape index (κ3) is 17.8. The number of ether oxygens (including phenoxy) is 1. The SMILES string of the molecule is CCCCCCCCCCCCCCCC[C@@H](F)CCc1ccc(-c2ncc(OCC[C@@H](F)CCCCC)cn2)cc1. The predicted octanol–water partition coefficient (Wildman–Crippen LogP) is 12.0. The Labute approximate surface area is 256 Å². The van der Waals surface area contributed by atoms with Gasteiger partial charge in [-0.05, 0) is 31.2 Å². The van der Waals surface area contributed by atoms with E-state index >= 15 is 0 Å². The minimum atomic E-state index is -0.813. The van der Waals surface area contributed by atoms with Gasteiger partial charge in [-0.1, -0.05) is 147 Å². The van der Waals surface area contributed by atoms with E-state index in [-0.39, 0.29) is 0 Å². The fraction of sp³-hybridized carbons (Fsp3) is 0.730. The lowest BCUT2D eigenvalue weighted by Gasteiger charge is -2.10. The highest BCUT2D eigenvalue weighted by molar-refractivity contribution is 5.55. The summed E-state index contributed by atoms with van der Waals surface area (Å²) >= 11 is 0. The first kappa shape index (κ1) is 36.2. The molecule has 1 heterocycles. The number of unbranched alkanes of at least 4 members (excludes halogenated alkanes) is 15. The molecule has 0 radical (unpaired) electrons. The van der Waals surface area contributed by atoms with Crippen molar-refractivity contribution in [1.82, 2.24) is 9.97 Å². The molecule has 0 aliphatic heterocycles. The zero-order valence-corrected chi connectivity index (χ0v) is 26.9. The zero-order chi connectivity index (χ0) is 30.1. The highest BCUT2D eigenvalue weighted by Gasteiger charge is 2.09. The number of hydrogen-bond donors (Lipinski definition) is 0. The minimum absolute atomic E-state index is 0.333. The first-order valence-corrected chi connectivity index (χ1v) is 17.4. The number of halogens is 2. The number of hydrogen-bond acceptors (Lipinski definition) is 3. The van der Waals surface area contributed by atoms with E-state index < -0.39 is 12.3 Å². The molecule has 0 aliphatic rings. The molecule has 0 spiro atoms. The first-order chi connectivity index (χ1) is 20.6. The quantitative estimate of drug-likeness (QED) is 0.0977. The third-order valence-corrected chi connectivity index (χ3v) is 8.28. The number of benzene rings is 1. The van der Waals surface area contributed by atoms with Crippen molar-refractivity contribution in [1.29, 1.82) is 0 Å². The molecule has 0 fully saturated rings. The molecule has 5 heteroatoms. The van der Waals surface area contributed by atoms with Crippen LogP contribution in [0.3, 0.4) is 0 Å². The smallest absolute Gasteiger partial charge is 0.159 e. The molecule has 0 bridgehead atoms. The van der Waals surface area contributed by atoms with Gasteiger partial charge in [0.1, 0.15) is 12.3 Å².